The van der Waals surface area contributed by atoms with Gasteiger partial charge in [-0.1, -0.05) is 25.5 Å². The lowest BCUT2D eigenvalue weighted by Crippen LogP contribution is -2.08. The van der Waals surface area contributed by atoms with E-state index in [1.54, 1.807) is 0 Å². The van der Waals surface area contributed by atoms with Gasteiger partial charge in [0.15, 0.2) is 0 Å². The first-order chi connectivity index (χ1) is 7.34. The molecule has 0 saturated heterocycles. The highest BCUT2D eigenvalue weighted by atomic mass is 16.5. The van der Waals surface area contributed by atoms with Gasteiger partial charge < -0.3 is 15.2 Å². The van der Waals surface area contributed by atoms with Crippen molar-refractivity contribution in [1.29, 1.82) is 0 Å². The zero-order chi connectivity index (χ0) is 10.9. The zero-order valence-electron chi connectivity index (χ0n) is 9.24. The lowest BCUT2D eigenvalue weighted by Gasteiger charge is -2.08. The molecule has 3 heteroatoms. The van der Waals surface area contributed by atoms with Gasteiger partial charge in [0.1, 0.15) is 12.4 Å². The van der Waals surface area contributed by atoms with E-state index in [1.165, 1.54) is 0 Å². The molecule has 0 amide bonds. The quantitative estimate of drug-likeness (QED) is 0.554. The second kappa shape index (κ2) is 7.12. The van der Waals surface area contributed by atoms with Gasteiger partial charge in [0.2, 0.25) is 0 Å². The molecule has 0 fully saturated rings. The van der Waals surface area contributed by atoms with E-state index in [1.807, 2.05) is 24.3 Å². The predicted molar refractivity (Wildman–Crippen MR) is 62.1 cm³/mol. The van der Waals surface area contributed by atoms with Gasteiger partial charge in [0, 0.05) is 6.61 Å². The molecule has 3 nitrogen and oxygen atoms in total. The summed E-state index contributed by atoms with van der Waals surface area (Å²) in [5.74, 6) is 0.733. The second-order valence-electron chi connectivity index (χ2n) is 3.35. The van der Waals surface area contributed by atoms with Crippen molar-refractivity contribution in [2.75, 3.05) is 25.6 Å². The molecule has 2 N–H and O–H groups in total. The summed E-state index contributed by atoms with van der Waals surface area (Å²) in [6, 6.07) is 7.48. The fourth-order valence-corrected chi connectivity index (χ4v) is 1.17. The first kappa shape index (κ1) is 11.9. The van der Waals surface area contributed by atoms with E-state index >= 15 is 0 Å². The molecule has 0 atom stereocenters. The normalized spacial score (nSPS) is 10.2. The number of para-hydroxylation sites is 2. The first-order valence-electron chi connectivity index (χ1n) is 5.39. The highest BCUT2D eigenvalue weighted by Gasteiger charge is 1.97. The van der Waals surface area contributed by atoms with Crippen LogP contribution in [-0.2, 0) is 4.74 Å². The van der Waals surface area contributed by atoms with E-state index in [2.05, 4.69) is 6.92 Å². The Morgan fingerprint density at radius 3 is 2.67 bits per heavy atom. The van der Waals surface area contributed by atoms with Crippen molar-refractivity contribution >= 4 is 5.69 Å². The maximum atomic E-state index is 5.72. The van der Waals surface area contributed by atoms with Gasteiger partial charge in [0.25, 0.3) is 0 Å². The molecule has 1 aromatic carbocycles. The Bertz CT molecular complexity index is 276. The lowest BCUT2D eigenvalue weighted by molar-refractivity contribution is 0.0983. The number of nitrogens with two attached hydrogens (primary N) is 1. The van der Waals surface area contributed by atoms with Crippen LogP contribution in [0.15, 0.2) is 24.3 Å². The Morgan fingerprint density at radius 1 is 1.13 bits per heavy atom. The number of nitrogen functional groups attached to an aromatic ring is 1. The summed E-state index contributed by atoms with van der Waals surface area (Å²) in [5, 5.41) is 0. The Hall–Kier alpha value is -1.22. The monoisotopic (exact) mass is 209 g/mol. The lowest BCUT2D eigenvalue weighted by atomic mass is 10.3. The largest absolute Gasteiger partial charge is 0.489 e. The molecule has 84 valence electrons. The fourth-order valence-electron chi connectivity index (χ4n) is 1.17. The summed E-state index contributed by atoms with van der Waals surface area (Å²) in [4.78, 5) is 0. The summed E-state index contributed by atoms with van der Waals surface area (Å²) >= 11 is 0. The van der Waals surface area contributed by atoms with Crippen LogP contribution < -0.4 is 10.5 Å². The number of hydrogen-bond acceptors (Lipinski definition) is 3. The van der Waals surface area contributed by atoms with Crippen LogP contribution in [0.2, 0.25) is 0 Å². The van der Waals surface area contributed by atoms with Crippen LogP contribution in [0, 0.1) is 0 Å². The second-order valence-corrected chi connectivity index (χ2v) is 3.35. The van der Waals surface area contributed by atoms with Gasteiger partial charge in [-0.05, 0) is 18.6 Å². The maximum Gasteiger partial charge on any atom is 0.142 e. The number of anilines is 1. The van der Waals surface area contributed by atoms with E-state index in [9.17, 15) is 0 Å². The van der Waals surface area contributed by atoms with Crippen LogP contribution in [0.3, 0.4) is 0 Å². The molecule has 0 aromatic heterocycles. The molecule has 0 spiro atoms. The number of ether oxygens (including phenoxy) is 2. The van der Waals surface area contributed by atoms with Crippen LogP contribution in [0.5, 0.6) is 5.75 Å². The molecule has 1 rings (SSSR count). The molecule has 0 saturated carbocycles. The third-order valence-corrected chi connectivity index (χ3v) is 2.05. The Kier molecular flexibility index (Phi) is 5.63. The van der Waals surface area contributed by atoms with Gasteiger partial charge >= 0.3 is 0 Å². The van der Waals surface area contributed by atoms with Gasteiger partial charge in [-0.25, -0.2) is 0 Å². The number of rotatable bonds is 7. The third-order valence-electron chi connectivity index (χ3n) is 2.05. The zero-order valence-corrected chi connectivity index (χ0v) is 9.24. The Morgan fingerprint density at radius 2 is 1.93 bits per heavy atom. The molecule has 0 radical (unpaired) electrons. The third kappa shape index (κ3) is 4.70. The summed E-state index contributed by atoms with van der Waals surface area (Å²) < 4.78 is 10.8. The highest BCUT2D eigenvalue weighted by Crippen LogP contribution is 2.19. The molecule has 15 heavy (non-hydrogen) atoms. The average molecular weight is 209 g/mol. The highest BCUT2D eigenvalue weighted by molar-refractivity contribution is 5.51. The van der Waals surface area contributed by atoms with Gasteiger partial charge in [-0.15, -0.1) is 0 Å². The van der Waals surface area contributed by atoms with Crippen LogP contribution in [0.4, 0.5) is 5.69 Å². The maximum absolute atomic E-state index is 5.72. The van der Waals surface area contributed by atoms with E-state index in [4.69, 9.17) is 15.2 Å². The van der Waals surface area contributed by atoms with E-state index in [-0.39, 0.29) is 0 Å². The van der Waals surface area contributed by atoms with E-state index < -0.39 is 0 Å². The molecule has 0 aliphatic carbocycles. The number of hydrogen-bond donors (Lipinski definition) is 1. The van der Waals surface area contributed by atoms with Crippen LogP contribution in [-0.4, -0.2) is 19.8 Å². The van der Waals surface area contributed by atoms with Crippen molar-refractivity contribution in [3.05, 3.63) is 24.3 Å². The molecule has 0 aliphatic heterocycles. The van der Waals surface area contributed by atoms with Crippen LogP contribution in [0.1, 0.15) is 19.8 Å². The molecule has 0 aliphatic rings. The predicted octanol–water partition coefficient (Wildman–Crippen LogP) is 2.46. The standard InChI is InChI=1S/C12H19NO2/c1-2-3-8-14-9-10-15-12-7-5-4-6-11(12)13/h4-7H,2-3,8-10,13H2,1H3. The summed E-state index contributed by atoms with van der Waals surface area (Å²) in [5.41, 5.74) is 6.39. The number of unbranched alkanes of at least 4 members (excludes halogenated alkanes) is 1. The van der Waals surface area contributed by atoms with E-state index in [0.717, 1.165) is 25.2 Å². The molecule has 1 aromatic rings. The molecule has 0 bridgehead atoms. The smallest absolute Gasteiger partial charge is 0.142 e. The summed E-state index contributed by atoms with van der Waals surface area (Å²) in [6.45, 7) is 4.13. The van der Waals surface area contributed by atoms with Crippen molar-refractivity contribution in [2.45, 2.75) is 19.8 Å². The van der Waals surface area contributed by atoms with Crippen LogP contribution in [0.25, 0.3) is 0 Å². The first-order valence-corrected chi connectivity index (χ1v) is 5.39. The van der Waals surface area contributed by atoms with Crippen molar-refractivity contribution < 1.29 is 9.47 Å². The van der Waals surface area contributed by atoms with Crippen molar-refractivity contribution in [3.63, 3.8) is 0 Å². The Balaban J connectivity index is 2.12. The van der Waals surface area contributed by atoms with E-state index in [0.29, 0.717) is 18.9 Å². The van der Waals surface area contributed by atoms with Crippen LogP contribution >= 0.6 is 0 Å². The van der Waals surface area contributed by atoms with Gasteiger partial charge in [-0.2, -0.15) is 0 Å². The van der Waals surface area contributed by atoms with Gasteiger partial charge in [0.05, 0.1) is 12.3 Å². The van der Waals surface area contributed by atoms with Crippen molar-refractivity contribution in [1.82, 2.24) is 0 Å². The topological polar surface area (TPSA) is 44.5 Å². The summed E-state index contributed by atoms with van der Waals surface area (Å²) in [7, 11) is 0. The minimum absolute atomic E-state index is 0.553. The molecular formula is C12H19NO2. The van der Waals surface area contributed by atoms with Crippen molar-refractivity contribution in [2.24, 2.45) is 0 Å². The molecular weight excluding hydrogens is 190 g/mol. The minimum Gasteiger partial charge on any atom is -0.489 e. The number of benzene rings is 1. The molecule has 0 heterocycles. The Labute approximate surface area is 91.2 Å². The minimum atomic E-state index is 0.553. The van der Waals surface area contributed by atoms with Crippen molar-refractivity contribution in [3.8, 4) is 5.75 Å². The summed E-state index contributed by atoms with van der Waals surface area (Å²) in [6.07, 6.45) is 2.26. The average Bonchev–Trinajstić information content (AvgIpc) is 2.25. The SMILES string of the molecule is CCCCOCCOc1ccccc1N. The molecule has 0 unspecified atom stereocenters. The van der Waals surface area contributed by atoms with Gasteiger partial charge in [-0.3, -0.25) is 0 Å². The fraction of sp³-hybridized carbons (Fsp3) is 0.500.